The molecular formula is C43H51N5. The van der Waals surface area contributed by atoms with Crippen LogP contribution in [0.25, 0.3) is 16.8 Å². The van der Waals surface area contributed by atoms with E-state index in [1.165, 1.54) is 52.8 Å². The number of nitrogen functional groups attached to an aromatic ring is 1. The Balaban J connectivity index is 0.000000519. The predicted octanol–water partition coefficient (Wildman–Crippen LogP) is 9.60. The van der Waals surface area contributed by atoms with E-state index in [9.17, 15) is 0 Å². The first-order valence-corrected chi connectivity index (χ1v) is 17.3. The molecule has 248 valence electrons. The third-order valence-electron chi connectivity index (χ3n) is 10.8. The molecule has 0 atom stereocenters. The molecule has 4 heterocycles. The predicted molar refractivity (Wildman–Crippen MR) is 205 cm³/mol. The van der Waals surface area contributed by atoms with Gasteiger partial charge in [0, 0.05) is 66.8 Å². The van der Waals surface area contributed by atoms with Crippen LogP contribution in [0.15, 0.2) is 128 Å². The van der Waals surface area contributed by atoms with E-state index in [0.717, 1.165) is 60.9 Å². The van der Waals surface area contributed by atoms with Crippen molar-refractivity contribution in [2.75, 3.05) is 31.2 Å². The number of benzene rings is 2. The minimum Gasteiger partial charge on any atom is -0.383 e. The molecule has 3 N–H and O–H groups in total. The van der Waals surface area contributed by atoms with Gasteiger partial charge in [0.2, 0.25) is 0 Å². The Morgan fingerprint density at radius 1 is 1.12 bits per heavy atom. The van der Waals surface area contributed by atoms with E-state index in [1.807, 2.05) is 18.2 Å². The van der Waals surface area contributed by atoms with Crippen molar-refractivity contribution in [1.29, 1.82) is 0 Å². The summed E-state index contributed by atoms with van der Waals surface area (Å²) in [7, 11) is 2.05. The van der Waals surface area contributed by atoms with E-state index in [1.54, 1.807) is 6.20 Å². The topological polar surface area (TPSA) is 57.4 Å². The highest BCUT2D eigenvalue weighted by Crippen LogP contribution is 2.63. The number of aromatic nitrogens is 1. The summed E-state index contributed by atoms with van der Waals surface area (Å²) in [6, 6.07) is 15.3. The molecule has 0 unspecified atom stereocenters. The highest BCUT2D eigenvalue weighted by atomic mass is 15.3. The SMILES string of the molecule is C=C/C=C(\C)CC.C=C1C=C(CCC23CN(C(=C)Cc4ccc5c(c4)C=CC5)C(CNc4cccc5c(N)nccc45)(C2)C3)C=CN1C. The molecule has 2 saturated heterocycles. The number of pyridine rings is 1. The van der Waals surface area contributed by atoms with Gasteiger partial charge in [-0.05, 0) is 97.4 Å². The van der Waals surface area contributed by atoms with Gasteiger partial charge in [0.05, 0.1) is 5.54 Å². The third kappa shape index (κ3) is 6.78. The van der Waals surface area contributed by atoms with Crippen LogP contribution in [-0.4, -0.2) is 40.5 Å². The maximum Gasteiger partial charge on any atom is 0.131 e. The zero-order valence-electron chi connectivity index (χ0n) is 29.1. The number of hydrogen-bond donors (Lipinski definition) is 2. The molecule has 5 nitrogen and oxygen atoms in total. The molecule has 2 aliphatic carbocycles. The fourth-order valence-corrected chi connectivity index (χ4v) is 8.01. The van der Waals surface area contributed by atoms with Gasteiger partial charge in [-0.2, -0.15) is 0 Å². The summed E-state index contributed by atoms with van der Waals surface area (Å²) in [4.78, 5) is 9.02. The van der Waals surface area contributed by atoms with Crippen molar-refractivity contribution in [2.45, 2.75) is 64.3 Å². The maximum atomic E-state index is 6.19. The van der Waals surface area contributed by atoms with Crippen LogP contribution in [-0.2, 0) is 12.8 Å². The van der Waals surface area contributed by atoms with Crippen LogP contribution in [0.4, 0.5) is 11.5 Å². The second-order valence-corrected chi connectivity index (χ2v) is 14.2. The summed E-state index contributed by atoms with van der Waals surface area (Å²) in [6.07, 6.45) is 24.5. The average molecular weight is 638 g/mol. The van der Waals surface area contributed by atoms with E-state index >= 15 is 0 Å². The number of nitrogens with two attached hydrogens (primary N) is 1. The molecule has 0 spiro atoms. The summed E-state index contributed by atoms with van der Waals surface area (Å²) < 4.78 is 0. The zero-order chi connectivity index (χ0) is 33.9. The Bertz CT molecular complexity index is 1850. The van der Waals surface area contributed by atoms with Gasteiger partial charge in [-0.3, -0.25) is 0 Å². The highest BCUT2D eigenvalue weighted by Gasteiger charge is 2.64. The molecule has 2 bridgehead atoms. The van der Waals surface area contributed by atoms with E-state index < -0.39 is 0 Å². The van der Waals surface area contributed by atoms with Gasteiger partial charge in [-0.15, -0.1) is 0 Å². The summed E-state index contributed by atoms with van der Waals surface area (Å²) in [5, 5.41) is 5.96. The summed E-state index contributed by atoms with van der Waals surface area (Å²) >= 11 is 0. The first-order valence-electron chi connectivity index (χ1n) is 17.3. The second-order valence-electron chi connectivity index (χ2n) is 14.2. The van der Waals surface area contributed by atoms with Crippen LogP contribution in [0.2, 0.25) is 0 Å². The molecule has 8 rings (SSSR count). The molecule has 3 aromatic rings. The lowest BCUT2D eigenvalue weighted by atomic mass is 9.59. The molecule has 1 aromatic heterocycles. The summed E-state index contributed by atoms with van der Waals surface area (Å²) in [5.74, 6) is 0.576. The Morgan fingerprint density at radius 3 is 2.71 bits per heavy atom. The standard InChI is InChI=1S/C36H39N5.C7H12/c1-25-18-27(14-17-40(25)3)12-15-35-21-36(22-35,23-39-33-9-5-8-32-31(33)13-16-38-34(32)37)41(24-35)26(2)19-28-10-11-29-6-4-7-30(29)20-28;1-4-6-7(3)5-2/h4-5,7-11,13-14,16-18,20,39H,1-2,6,12,15,19,21-24H2,3H3,(H2,37,38);4,6H,1,5H2,2-3H3/b;7-6+. The number of fused-ring (bicyclic) bond motifs is 3. The lowest BCUT2D eigenvalue weighted by Gasteiger charge is -2.49. The van der Waals surface area contributed by atoms with Gasteiger partial charge in [0.15, 0.2) is 0 Å². The van der Waals surface area contributed by atoms with Crippen molar-refractivity contribution in [3.8, 4) is 0 Å². The van der Waals surface area contributed by atoms with Crippen molar-refractivity contribution in [3.05, 3.63) is 144 Å². The van der Waals surface area contributed by atoms with Crippen LogP contribution in [0.1, 0.15) is 62.6 Å². The number of allylic oxidation sites excluding steroid dienone is 8. The molecule has 2 aromatic carbocycles. The number of nitrogens with zero attached hydrogens (tertiary/aromatic N) is 3. The van der Waals surface area contributed by atoms with Crippen LogP contribution >= 0.6 is 0 Å². The van der Waals surface area contributed by atoms with E-state index in [2.05, 4.69) is 128 Å². The number of anilines is 2. The van der Waals surface area contributed by atoms with Crippen molar-refractivity contribution < 1.29 is 0 Å². The molecule has 0 amide bonds. The first kappa shape index (κ1) is 33.1. The molecule has 5 heteroatoms. The Labute approximate surface area is 287 Å². The number of nitrogens with one attached hydrogen (secondary N) is 1. The monoisotopic (exact) mass is 637 g/mol. The van der Waals surface area contributed by atoms with Gasteiger partial charge in [-0.25, -0.2) is 4.98 Å². The first-order chi connectivity index (χ1) is 23.1. The maximum absolute atomic E-state index is 6.19. The third-order valence-corrected chi connectivity index (χ3v) is 10.8. The smallest absolute Gasteiger partial charge is 0.131 e. The molecule has 5 aliphatic rings. The molecule has 1 saturated carbocycles. The number of hydrogen-bond acceptors (Lipinski definition) is 5. The average Bonchev–Trinajstić information content (AvgIpc) is 3.76. The highest BCUT2D eigenvalue weighted by molar-refractivity contribution is 5.99. The molecular weight excluding hydrogens is 587 g/mol. The van der Waals surface area contributed by atoms with Crippen LogP contribution < -0.4 is 11.1 Å². The molecule has 0 radical (unpaired) electrons. The fraction of sp³-hybridized carbons (Fsp3) is 0.326. The molecule has 3 aliphatic heterocycles. The van der Waals surface area contributed by atoms with Crippen molar-refractivity contribution >= 4 is 28.4 Å². The van der Waals surface area contributed by atoms with Gasteiger partial charge >= 0.3 is 0 Å². The fourth-order valence-electron chi connectivity index (χ4n) is 8.01. The van der Waals surface area contributed by atoms with Crippen LogP contribution in [0.5, 0.6) is 0 Å². The van der Waals surface area contributed by atoms with Crippen molar-refractivity contribution in [3.63, 3.8) is 0 Å². The van der Waals surface area contributed by atoms with Crippen LogP contribution in [0, 0.1) is 5.41 Å². The number of rotatable bonds is 11. The van der Waals surface area contributed by atoms with Gasteiger partial charge in [-0.1, -0.05) is 86.9 Å². The normalized spacial score (nSPS) is 22.2. The Hall–Kier alpha value is -4.77. The molecule has 3 fully saturated rings. The van der Waals surface area contributed by atoms with Gasteiger partial charge in [0.25, 0.3) is 0 Å². The summed E-state index contributed by atoms with van der Waals surface area (Å²) in [6.45, 7) is 18.6. The summed E-state index contributed by atoms with van der Waals surface area (Å²) in [5.41, 5.74) is 16.9. The van der Waals surface area contributed by atoms with Crippen molar-refractivity contribution in [1.82, 2.24) is 14.8 Å². The minimum absolute atomic E-state index is 0.0645. The quantitative estimate of drug-likeness (QED) is 0.205. The van der Waals surface area contributed by atoms with Crippen molar-refractivity contribution in [2.24, 2.45) is 5.41 Å². The van der Waals surface area contributed by atoms with E-state index in [-0.39, 0.29) is 5.54 Å². The Morgan fingerprint density at radius 2 is 1.96 bits per heavy atom. The van der Waals surface area contributed by atoms with Gasteiger partial charge < -0.3 is 20.9 Å². The lowest BCUT2D eigenvalue weighted by molar-refractivity contribution is 0.0800. The van der Waals surface area contributed by atoms with E-state index in [0.29, 0.717) is 11.2 Å². The largest absolute Gasteiger partial charge is 0.383 e. The minimum atomic E-state index is 0.0645. The number of likely N-dealkylation sites (N-methyl/N-ethyl adjacent to an activating group) is 1. The van der Waals surface area contributed by atoms with Gasteiger partial charge in [0.1, 0.15) is 5.82 Å². The Kier molecular flexibility index (Phi) is 9.50. The second kappa shape index (κ2) is 13.8. The van der Waals surface area contributed by atoms with Crippen LogP contribution in [0.3, 0.4) is 0 Å². The molecule has 48 heavy (non-hydrogen) atoms. The lowest BCUT2D eigenvalue weighted by Crippen LogP contribution is -2.53. The van der Waals surface area contributed by atoms with E-state index in [4.69, 9.17) is 5.73 Å². The zero-order valence-corrected chi connectivity index (χ0v) is 29.1.